The average molecular weight is 239 g/mol. The zero-order valence-corrected chi connectivity index (χ0v) is 10.6. The summed E-state index contributed by atoms with van der Waals surface area (Å²) >= 11 is 0. The number of hydrogen-bond acceptors (Lipinski definition) is 4. The first-order chi connectivity index (χ1) is 8.07. The van der Waals surface area contributed by atoms with Crippen LogP contribution < -0.4 is 0 Å². The van der Waals surface area contributed by atoms with Crippen molar-refractivity contribution in [2.75, 3.05) is 0 Å². The number of nitrogens with zero attached hydrogens (tertiary/aromatic N) is 1. The van der Waals surface area contributed by atoms with Crippen LogP contribution in [0.15, 0.2) is 5.16 Å². The largest absolute Gasteiger partial charge is 0.411 e. The highest BCUT2D eigenvalue weighted by Crippen LogP contribution is 2.28. The maximum atomic E-state index is 11.6. The van der Waals surface area contributed by atoms with Crippen LogP contribution in [0.4, 0.5) is 0 Å². The van der Waals surface area contributed by atoms with Crippen molar-refractivity contribution < 1.29 is 14.8 Å². The highest BCUT2D eigenvalue weighted by Gasteiger charge is 2.33. The molecule has 0 aromatic heterocycles. The van der Waals surface area contributed by atoms with Crippen molar-refractivity contribution in [1.82, 2.24) is 0 Å². The van der Waals surface area contributed by atoms with Gasteiger partial charge < -0.3 is 5.21 Å². The third-order valence-corrected chi connectivity index (χ3v) is 3.53. The molecule has 0 heterocycles. The summed E-state index contributed by atoms with van der Waals surface area (Å²) in [5.74, 6) is -1.07. The number of hydrogen-bond donors (Lipinski definition) is 1. The second-order valence-corrected chi connectivity index (χ2v) is 4.85. The molecule has 1 aliphatic carbocycles. The number of rotatable bonds is 3. The standard InChI is InChI=1S/C13H21NO3/c1-9(15)13(10(2)16)11-7-5-3-4-6-8-12(11)14-17/h11,13,17H,3-8H2,1-2H3/b14-12+. The molecule has 17 heavy (non-hydrogen) atoms. The minimum Gasteiger partial charge on any atom is -0.411 e. The van der Waals surface area contributed by atoms with Crippen LogP contribution in [-0.2, 0) is 9.59 Å². The molecular formula is C13H21NO3. The SMILES string of the molecule is CC(=O)C(C(C)=O)C1CCCCCC/C1=N\O. The maximum absolute atomic E-state index is 11.6. The van der Waals surface area contributed by atoms with Gasteiger partial charge in [0.1, 0.15) is 11.6 Å². The van der Waals surface area contributed by atoms with Crippen LogP contribution in [0.5, 0.6) is 0 Å². The summed E-state index contributed by atoms with van der Waals surface area (Å²) in [5.41, 5.74) is 0.625. The molecule has 1 unspecified atom stereocenters. The summed E-state index contributed by atoms with van der Waals surface area (Å²) in [7, 11) is 0. The first-order valence-corrected chi connectivity index (χ1v) is 6.29. The third-order valence-electron chi connectivity index (χ3n) is 3.53. The topological polar surface area (TPSA) is 66.7 Å². The lowest BCUT2D eigenvalue weighted by molar-refractivity contribution is -0.131. The van der Waals surface area contributed by atoms with Gasteiger partial charge in [-0.05, 0) is 33.1 Å². The number of carbonyl (C=O) groups is 2. The van der Waals surface area contributed by atoms with E-state index in [-0.39, 0.29) is 17.5 Å². The Kier molecular flexibility index (Phi) is 5.32. The molecule has 0 spiro atoms. The molecule has 4 nitrogen and oxygen atoms in total. The Hall–Kier alpha value is -1.19. The van der Waals surface area contributed by atoms with Crippen molar-refractivity contribution in [1.29, 1.82) is 0 Å². The summed E-state index contributed by atoms with van der Waals surface area (Å²) in [4.78, 5) is 23.2. The van der Waals surface area contributed by atoms with Gasteiger partial charge in [-0.15, -0.1) is 0 Å². The monoisotopic (exact) mass is 239 g/mol. The van der Waals surface area contributed by atoms with E-state index in [0.29, 0.717) is 12.1 Å². The molecular weight excluding hydrogens is 218 g/mol. The molecule has 96 valence electrons. The molecule has 1 fully saturated rings. The van der Waals surface area contributed by atoms with E-state index < -0.39 is 5.92 Å². The first-order valence-electron chi connectivity index (χ1n) is 6.29. The van der Waals surface area contributed by atoms with E-state index in [1.54, 1.807) is 0 Å². The fourth-order valence-electron chi connectivity index (χ4n) is 2.71. The van der Waals surface area contributed by atoms with E-state index in [0.717, 1.165) is 32.1 Å². The highest BCUT2D eigenvalue weighted by atomic mass is 16.4. The lowest BCUT2D eigenvalue weighted by Gasteiger charge is -2.25. The second-order valence-electron chi connectivity index (χ2n) is 4.85. The zero-order chi connectivity index (χ0) is 12.8. The number of Topliss-reactive ketones (excluding diaryl/α,β-unsaturated/α-hetero) is 2. The van der Waals surface area contributed by atoms with Crippen molar-refractivity contribution in [3.8, 4) is 0 Å². The number of ketones is 2. The zero-order valence-electron chi connectivity index (χ0n) is 10.6. The van der Waals surface area contributed by atoms with Crippen LogP contribution in [-0.4, -0.2) is 22.5 Å². The van der Waals surface area contributed by atoms with Crippen molar-refractivity contribution in [2.45, 2.75) is 52.4 Å². The van der Waals surface area contributed by atoms with Gasteiger partial charge in [-0.25, -0.2) is 0 Å². The van der Waals surface area contributed by atoms with Gasteiger partial charge in [-0.3, -0.25) is 9.59 Å². The lowest BCUT2D eigenvalue weighted by atomic mass is 9.77. The molecule has 1 N–H and O–H groups in total. The lowest BCUT2D eigenvalue weighted by Crippen LogP contribution is -2.34. The first kappa shape index (κ1) is 13.9. The van der Waals surface area contributed by atoms with Gasteiger partial charge in [-0.1, -0.05) is 24.4 Å². The van der Waals surface area contributed by atoms with Gasteiger partial charge in [0.15, 0.2) is 0 Å². The number of oxime groups is 1. The van der Waals surface area contributed by atoms with Gasteiger partial charge >= 0.3 is 0 Å². The van der Waals surface area contributed by atoms with Crippen LogP contribution in [0.2, 0.25) is 0 Å². The van der Waals surface area contributed by atoms with Crippen molar-refractivity contribution in [3.63, 3.8) is 0 Å². The summed E-state index contributed by atoms with van der Waals surface area (Å²) in [6, 6.07) is 0. The molecule has 4 heteroatoms. The van der Waals surface area contributed by atoms with Crippen molar-refractivity contribution in [2.24, 2.45) is 17.0 Å². The average Bonchev–Trinajstić information content (AvgIpc) is 2.21. The minimum absolute atomic E-state index is 0.121. The summed E-state index contributed by atoms with van der Waals surface area (Å²) in [6.45, 7) is 2.89. The van der Waals surface area contributed by atoms with Gasteiger partial charge in [0.05, 0.1) is 11.6 Å². The van der Waals surface area contributed by atoms with E-state index in [9.17, 15) is 9.59 Å². The van der Waals surface area contributed by atoms with Gasteiger partial charge in [-0.2, -0.15) is 0 Å². The Labute approximate surface area is 102 Å². The summed E-state index contributed by atoms with van der Waals surface area (Å²) < 4.78 is 0. The molecule has 1 saturated carbocycles. The molecule has 0 aromatic carbocycles. The predicted octanol–water partition coefficient (Wildman–Crippen LogP) is 2.58. The molecule has 1 rings (SSSR count). The predicted molar refractivity (Wildman–Crippen MR) is 65.3 cm³/mol. The van der Waals surface area contributed by atoms with Crippen LogP contribution >= 0.6 is 0 Å². The Morgan fingerprint density at radius 3 is 2.29 bits per heavy atom. The van der Waals surface area contributed by atoms with Crippen LogP contribution in [0, 0.1) is 11.8 Å². The Bertz CT molecular complexity index is 309. The molecule has 0 aromatic rings. The maximum Gasteiger partial charge on any atom is 0.140 e. The third kappa shape index (κ3) is 3.65. The fourth-order valence-corrected chi connectivity index (χ4v) is 2.71. The second kappa shape index (κ2) is 6.52. The molecule has 1 aliphatic rings. The number of carbonyl (C=O) groups excluding carboxylic acids is 2. The van der Waals surface area contributed by atoms with E-state index in [4.69, 9.17) is 5.21 Å². The minimum atomic E-state index is -0.626. The van der Waals surface area contributed by atoms with Crippen molar-refractivity contribution >= 4 is 17.3 Å². The van der Waals surface area contributed by atoms with Gasteiger partial charge in [0.25, 0.3) is 0 Å². The van der Waals surface area contributed by atoms with E-state index >= 15 is 0 Å². The molecule has 0 saturated heterocycles. The summed E-state index contributed by atoms with van der Waals surface area (Å²) in [5, 5.41) is 12.4. The Morgan fingerprint density at radius 2 is 1.76 bits per heavy atom. The van der Waals surface area contributed by atoms with Crippen LogP contribution in [0.25, 0.3) is 0 Å². The summed E-state index contributed by atoms with van der Waals surface area (Å²) in [6.07, 6.45) is 5.66. The fraction of sp³-hybridized carbons (Fsp3) is 0.769. The molecule has 0 aliphatic heterocycles. The van der Waals surface area contributed by atoms with E-state index in [1.165, 1.54) is 13.8 Å². The molecule has 0 radical (unpaired) electrons. The Balaban J connectivity index is 2.93. The van der Waals surface area contributed by atoms with E-state index in [2.05, 4.69) is 5.16 Å². The quantitative estimate of drug-likeness (QED) is 0.467. The van der Waals surface area contributed by atoms with E-state index in [1.807, 2.05) is 0 Å². The van der Waals surface area contributed by atoms with Gasteiger partial charge in [0.2, 0.25) is 0 Å². The smallest absolute Gasteiger partial charge is 0.140 e. The van der Waals surface area contributed by atoms with Gasteiger partial charge in [0, 0.05) is 5.92 Å². The normalized spacial score (nSPS) is 24.4. The molecule has 1 atom stereocenters. The van der Waals surface area contributed by atoms with Crippen molar-refractivity contribution in [3.05, 3.63) is 0 Å². The molecule has 0 amide bonds. The Morgan fingerprint density at radius 1 is 1.18 bits per heavy atom. The van der Waals surface area contributed by atoms with Crippen LogP contribution in [0.1, 0.15) is 52.4 Å². The highest BCUT2D eigenvalue weighted by molar-refractivity contribution is 6.05. The molecule has 0 bridgehead atoms. The van der Waals surface area contributed by atoms with Crippen LogP contribution in [0.3, 0.4) is 0 Å².